The summed E-state index contributed by atoms with van der Waals surface area (Å²) in [4.78, 5) is 20.7. The number of thiazole rings is 1. The molecule has 1 aliphatic heterocycles. The topological polar surface area (TPSA) is 48.5 Å². The van der Waals surface area contributed by atoms with Crippen molar-refractivity contribution < 1.29 is 4.79 Å². The number of carbonyl (C=O) groups excluding carboxylic acids is 1. The fourth-order valence-electron chi connectivity index (χ4n) is 2.75. The summed E-state index contributed by atoms with van der Waals surface area (Å²) < 4.78 is 1.09. The van der Waals surface area contributed by atoms with Gasteiger partial charge in [-0.15, -0.1) is 0 Å². The van der Waals surface area contributed by atoms with Crippen LogP contribution in [0.15, 0.2) is 54.6 Å². The molecule has 2 heterocycles. The first-order chi connectivity index (χ1) is 11.2. The Balaban J connectivity index is 1.69. The molecule has 5 nitrogen and oxygen atoms in total. The molecular weight excluding hydrogens is 308 g/mol. The van der Waals surface area contributed by atoms with E-state index in [1.54, 1.807) is 21.1 Å². The van der Waals surface area contributed by atoms with Crippen LogP contribution < -0.4 is 10.2 Å². The molecule has 0 radical (unpaired) electrons. The number of para-hydroxylation sites is 2. The molecule has 1 aliphatic rings. The standard InChI is InChI=1S/C17H16N4OS/c1-20-11-15(18-12-7-3-2-4-8-12)21(17(20)22)16-19-13-9-5-6-10-14(13)23-16/h2-10,15,18H,11H2,1H3. The van der Waals surface area contributed by atoms with Gasteiger partial charge in [-0.1, -0.05) is 41.7 Å². The molecule has 1 aromatic heterocycles. The van der Waals surface area contributed by atoms with E-state index in [0.29, 0.717) is 6.54 Å². The van der Waals surface area contributed by atoms with E-state index in [1.165, 1.54) is 0 Å². The van der Waals surface area contributed by atoms with Crippen molar-refractivity contribution in [1.29, 1.82) is 0 Å². The molecule has 0 bridgehead atoms. The van der Waals surface area contributed by atoms with Crippen LogP contribution in [-0.2, 0) is 0 Å². The van der Waals surface area contributed by atoms with Crippen LogP contribution in [0.4, 0.5) is 15.6 Å². The van der Waals surface area contributed by atoms with Gasteiger partial charge in [0.15, 0.2) is 5.13 Å². The number of anilines is 2. The second-order valence-electron chi connectivity index (χ2n) is 5.52. The zero-order chi connectivity index (χ0) is 15.8. The van der Waals surface area contributed by atoms with Crippen LogP contribution in [0.5, 0.6) is 0 Å². The van der Waals surface area contributed by atoms with Crippen LogP contribution in [0, 0.1) is 0 Å². The van der Waals surface area contributed by atoms with Crippen LogP contribution in [0.3, 0.4) is 0 Å². The van der Waals surface area contributed by atoms with E-state index in [-0.39, 0.29) is 12.2 Å². The third-order valence-electron chi connectivity index (χ3n) is 3.89. The van der Waals surface area contributed by atoms with Crippen molar-refractivity contribution in [2.24, 2.45) is 0 Å². The van der Waals surface area contributed by atoms with Gasteiger partial charge in [-0.2, -0.15) is 0 Å². The molecule has 6 heteroatoms. The van der Waals surface area contributed by atoms with E-state index in [4.69, 9.17) is 0 Å². The van der Waals surface area contributed by atoms with Gasteiger partial charge in [-0.25, -0.2) is 14.7 Å². The Bertz CT molecular complexity index is 815. The van der Waals surface area contributed by atoms with E-state index in [0.717, 1.165) is 21.0 Å². The quantitative estimate of drug-likeness (QED) is 0.801. The molecule has 2 aromatic carbocycles. The Hall–Kier alpha value is -2.60. The summed E-state index contributed by atoms with van der Waals surface area (Å²) in [5, 5.41) is 4.16. The predicted octanol–water partition coefficient (Wildman–Crippen LogP) is 3.61. The van der Waals surface area contributed by atoms with Crippen LogP contribution in [0.25, 0.3) is 10.2 Å². The van der Waals surface area contributed by atoms with E-state index in [2.05, 4.69) is 10.3 Å². The van der Waals surface area contributed by atoms with Gasteiger partial charge < -0.3 is 10.2 Å². The van der Waals surface area contributed by atoms with E-state index in [9.17, 15) is 4.79 Å². The number of benzene rings is 2. The average molecular weight is 324 g/mol. The SMILES string of the molecule is CN1CC(Nc2ccccc2)N(c2nc3ccccc3s2)C1=O. The summed E-state index contributed by atoms with van der Waals surface area (Å²) >= 11 is 1.54. The largest absolute Gasteiger partial charge is 0.363 e. The molecular formula is C17H16N4OS. The monoisotopic (exact) mass is 324 g/mol. The molecule has 1 atom stereocenters. The lowest BCUT2D eigenvalue weighted by molar-refractivity contribution is 0.229. The first-order valence-electron chi connectivity index (χ1n) is 7.44. The van der Waals surface area contributed by atoms with Gasteiger partial charge in [0, 0.05) is 12.7 Å². The zero-order valence-electron chi connectivity index (χ0n) is 12.6. The average Bonchev–Trinajstić information content (AvgIpc) is 3.09. The highest BCUT2D eigenvalue weighted by Gasteiger charge is 2.38. The molecule has 2 amide bonds. The smallest absolute Gasteiger partial charge is 0.327 e. The number of fused-ring (bicyclic) bond motifs is 1. The number of nitrogens with one attached hydrogen (secondary N) is 1. The van der Waals surface area contributed by atoms with Crippen LogP contribution in [-0.4, -0.2) is 35.7 Å². The number of likely N-dealkylation sites (N-methyl/N-ethyl adjacent to an activating group) is 1. The van der Waals surface area contributed by atoms with Crippen molar-refractivity contribution in [1.82, 2.24) is 9.88 Å². The summed E-state index contributed by atoms with van der Waals surface area (Å²) in [5.74, 6) is 0. The summed E-state index contributed by atoms with van der Waals surface area (Å²) in [5.41, 5.74) is 1.92. The number of amides is 2. The third-order valence-corrected chi connectivity index (χ3v) is 4.92. The van der Waals surface area contributed by atoms with Crippen molar-refractivity contribution in [3.8, 4) is 0 Å². The lowest BCUT2D eigenvalue weighted by Crippen LogP contribution is -2.39. The number of nitrogens with zero attached hydrogens (tertiary/aromatic N) is 3. The number of carbonyl (C=O) groups is 1. The Morgan fingerprint density at radius 1 is 1.13 bits per heavy atom. The van der Waals surface area contributed by atoms with Gasteiger partial charge in [-0.05, 0) is 24.3 Å². The van der Waals surface area contributed by atoms with E-state index in [1.807, 2.05) is 61.6 Å². The fraction of sp³-hybridized carbons (Fsp3) is 0.176. The van der Waals surface area contributed by atoms with Crippen LogP contribution in [0.2, 0.25) is 0 Å². The van der Waals surface area contributed by atoms with Crippen LogP contribution in [0.1, 0.15) is 0 Å². The van der Waals surface area contributed by atoms with E-state index < -0.39 is 0 Å². The van der Waals surface area contributed by atoms with Gasteiger partial charge >= 0.3 is 6.03 Å². The van der Waals surface area contributed by atoms with Crippen molar-refractivity contribution in [3.63, 3.8) is 0 Å². The van der Waals surface area contributed by atoms with Crippen molar-refractivity contribution >= 4 is 38.4 Å². The highest BCUT2D eigenvalue weighted by atomic mass is 32.1. The number of aromatic nitrogens is 1. The summed E-state index contributed by atoms with van der Waals surface area (Å²) in [6.07, 6.45) is -0.129. The van der Waals surface area contributed by atoms with Crippen LogP contribution >= 0.6 is 11.3 Å². The maximum atomic E-state index is 12.6. The molecule has 3 aromatic rings. The first kappa shape index (κ1) is 14.0. The highest BCUT2D eigenvalue weighted by Crippen LogP contribution is 2.32. The number of rotatable bonds is 3. The Labute approximate surface area is 138 Å². The molecule has 1 unspecified atom stereocenters. The lowest BCUT2D eigenvalue weighted by atomic mass is 10.3. The van der Waals surface area contributed by atoms with E-state index >= 15 is 0 Å². The van der Waals surface area contributed by atoms with Crippen molar-refractivity contribution in [2.45, 2.75) is 6.17 Å². The molecule has 0 saturated carbocycles. The maximum absolute atomic E-state index is 12.6. The lowest BCUT2D eigenvalue weighted by Gasteiger charge is -2.22. The van der Waals surface area contributed by atoms with Gasteiger partial charge in [0.05, 0.1) is 16.8 Å². The molecule has 4 rings (SSSR count). The second kappa shape index (κ2) is 5.55. The van der Waals surface area contributed by atoms with Gasteiger partial charge in [-0.3, -0.25) is 0 Å². The van der Waals surface area contributed by atoms with Crippen molar-refractivity contribution in [2.75, 3.05) is 23.8 Å². The molecule has 1 N–H and O–H groups in total. The zero-order valence-corrected chi connectivity index (χ0v) is 13.5. The number of hydrogen-bond acceptors (Lipinski definition) is 4. The van der Waals surface area contributed by atoms with Gasteiger partial charge in [0.2, 0.25) is 0 Å². The fourth-order valence-corrected chi connectivity index (χ4v) is 3.76. The Morgan fingerprint density at radius 3 is 2.65 bits per heavy atom. The minimum absolute atomic E-state index is 0.0301. The second-order valence-corrected chi connectivity index (χ2v) is 6.53. The Morgan fingerprint density at radius 2 is 1.87 bits per heavy atom. The number of hydrogen-bond donors (Lipinski definition) is 1. The maximum Gasteiger partial charge on any atom is 0.327 e. The summed E-state index contributed by atoms with van der Waals surface area (Å²) in [6.45, 7) is 0.615. The predicted molar refractivity (Wildman–Crippen MR) is 94.0 cm³/mol. The molecule has 0 aliphatic carbocycles. The third kappa shape index (κ3) is 2.51. The highest BCUT2D eigenvalue weighted by molar-refractivity contribution is 7.22. The van der Waals surface area contributed by atoms with Gasteiger partial charge in [0.25, 0.3) is 0 Å². The minimum Gasteiger partial charge on any atom is -0.363 e. The summed E-state index contributed by atoms with van der Waals surface area (Å²) in [6, 6.07) is 17.8. The normalized spacial score (nSPS) is 18.0. The first-order valence-corrected chi connectivity index (χ1v) is 8.25. The minimum atomic E-state index is -0.129. The molecule has 1 fully saturated rings. The molecule has 116 valence electrons. The summed E-state index contributed by atoms with van der Waals surface area (Å²) in [7, 11) is 1.81. The molecule has 1 saturated heterocycles. The number of urea groups is 1. The molecule has 23 heavy (non-hydrogen) atoms. The van der Waals surface area contributed by atoms with Crippen molar-refractivity contribution in [3.05, 3.63) is 54.6 Å². The Kier molecular flexibility index (Phi) is 3.38. The molecule has 0 spiro atoms. The van der Waals surface area contributed by atoms with Gasteiger partial charge in [0.1, 0.15) is 6.17 Å².